The Balaban J connectivity index is 0. The highest BCUT2D eigenvalue weighted by Gasteiger charge is 2.43. The Morgan fingerprint density at radius 1 is 1.40 bits per heavy atom. The molecule has 1 radical (unpaired) electrons. The monoisotopic (exact) mass is 284 g/mol. The van der Waals surface area contributed by atoms with Crippen LogP contribution in [0.1, 0.15) is 66.2 Å². The first-order chi connectivity index (χ1) is 9.58. The number of hydrogen-bond acceptors (Lipinski definition) is 3. The van der Waals surface area contributed by atoms with Crippen molar-refractivity contribution in [2.24, 2.45) is 5.92 Å². The molecule has 4 heteroatoms. The maximum Gasteiger partial charge on any atom is 0.287 e. The van der Waals surface area contributed by atoms with Crippen molar-refractivity contribution in [3.63, 3.8) is 0 Å². The molecule has 1 fully saturated rings. The predicted octanol–water partition coefficient (Wildman–Crippen LogP) is 4.07. The quantitative estimate of drug-likeness (QED) is 0.391. The third kappa shape index (κ3) is 6.80. The van der Waals surface area contributed by atoms with Crippen molar-refractivity contribution in [1.82, 2.24) is 5.32 Å². The summed E-state index contributed by atoms with van der Waals surface area (Å²) in [5, 5.41) is 21.6. The van der Waals surface area contributed by atoms with Gasteiger partial charge < -0.3 is 15.4 Å². The minimum absolute atomic E-state index is 0.264. The summed E-state index contributed by atoms with van der Waals surface area (Å²) >= 11 is 0. The smallest absolute Gasteiger partial charge is 0.287 e. The number of nitrogens with one attached hydrogen (secondary N) is 1. The lowest BCUT2D eigenvalue weighted by atomic mass is 9.80. The van der Waals surface area contributed by atoms with E-state index in [-0.39, 0.29) is 11.3 Å². The van der Waals surface area contributed by atoms with Crippen LogP contribution in [0.15, 0.2) is 12.3 Å². The van der Waals surface area contributed by atoms with Crippen molar-refractivity contribution < 1.29 is 10.1 Å². The zero-order chi connectivity index (χ0) is 16.0. The first-order valence-electron chi connectivity index (χ1n) is 8.12. The number of hydrogen-bond donors (Lipinski definition) is 3. The number of aliphatic hydroxyl groups excluding tert-OH is 1. The normalized spacial score (nSPS) is 24.0. The fraction of sp³-hybridized carbons (Fsp3) is 0.875. The zero-order valence-corrected chi connectivity index (χ0v) is 14.2. The van der Waals surface area contributed by atoms with Crippen LogP contribution in [0.4, 0.5) is 0 Å². The Kier molecular flexibility index (Phi) is 14.7. The van der Waals surface area contributed by atoms with Gasteiger partial charge >= 0.3 is 0 Å². The molecule has 0 saturated heterocycles. The molecule has 0 aromatic rings. The fourth-order valence-corrected chi connectivity index (χ4v) is 2.78. The Hall–Kier alpha value is -0.475. The van der Waals surface area contributed by atoms with Crippen molar-refractivity contribution in [1.29, 1.82) is 0 Å². The molecule has 1 saturated carbocycles. The molecule has 2 unspecified atom stereocenters. The van der Waals surface area contributed by atoms with E-state index >= 15 is 0 Å². The van der Waals surface area contributed by atoms with E-state index in [1.54, 1.807) is 0 Å². The Bertz CT molecular complexity index is 237. The van der Waals surface area contributed by atoms with Gasteiger partial charge in [-0.1, -0.05) is 59.9 Å². The third-order valence-corrected chi connectivity index (χ3v) is 3.67. The molecule has 3 nitrogen and oxygen atoms in total. The van der Waals surface area contributed by atoms with E-state index < -0.39 is 0 Å². The van der Waals surface area contributed by atoms with Crippen molar-refractivity contribution in [2.75, 3.05) is 7.05 Å². The molecule has 0 bridgehead atoms. The Morgan fingerprint density at radius 3 is 2.35 bits per heavy atom. The predicted molar refractivity (Wildman–Crippen MR) is 90.2 cm³/mol. The highest BCUT2D eigenvalue weighted by Crippen LogP contribution is 2.41. The maximum absolute atomic E-state index is 9.72. The van der Waals surface area contributed by atoms with Crippen LogP contribution in [0.25, 0.3) is 0 Å². The van der Waals surface area contributed by atoms with Gasteiger partial charge in [0.1, 0.15) is 5.76 Å². The SMILES string of the molecule is C=C(O)C1(NC)CCCC1CCC[B]O.CC.CCC. The third-order valence-electron chi connectivity index (χ3n) is 3.67. The van der Waals surface area contributed by atoms with E-state index in [1.807, 2.05) is 20.9 Å². The second kappa shape index (κ2) is 13.5. The van der Waals surface area contributed by atoms with Crippen molar-refractivity contribution in [3.8, 4) is 0 Å². The number of likely N-dealkylation sites (N-methyl/N-ethyl adjacent to an activating group) is 1. The van der Waals surface area contributed by atoms with Crippen LogP contribution in [-0.4, -0.2) is 30.2 Å². The molecule has 1 aliphatic rings. The molecule has 3 N–H and O–H groups in total. The second-order valence-corrected chi connectivity index (χ2v) is 5.08. The Labute approximate surface area is 127 Å². The molecule has 0 aromatic heterocycles. The highest BCUT2D eigenvalue weighted by atomic mass is 16.3. The van der Waals surface area contributed by atoms with Crippen molar-refractivity contribution >= 4 is 7.48 Å². The van der Waals surface area contributed by atoms with Crippen LogP contribution in [0.5, 0.6) is 0 Å². The van der Waals surface area contributed by atoms with E-state index in [4.69, 9.17) is 5.02 Å². The molecule has 0 aromatic carbocycles. The first kappa shape index (κ1) is 21.8. The largest absolute Gasteiger partial charge is 0.511 e. The summed E-state index contributed by atoms with van der Waals surface area (Å²) < 4.78 is 0. The van der Waals surface area contributed by atoms with Crippen LogP contribution >= 0.6 is 0 Å². The molecule has 0 spiro atoms. The second-order valence-electron chi connectivity index (χ2n) is 5.08. The average Bonchev–Trinajstić information content (AvgIpc) is 2.86. The van der Waals surface area contributed by atoms with Gasteiger partial charge in [0.25, 0.3) is 7.48 Å². The van der Waals surface area contributed by atoms with Gasteiger partial charge in [-0.05, 0) is 32.2 Å². The van der Waals surface area contributed by atoms with Crippen LogP contribution < -0.4 is 5.32 Å². The molecule has 119 valence electrons. The van der Waals surface area contributed by atoms with E-state index in [0.717, 1.165) is 38.4 Å². The summed E-state index contributed by atoms with van der Waals surface area (Å²) in [6, 6.07) is 0. The minimum atomic E-state index is -0.282. The summed E-state index contributed by atoms with van der Waals surface area (Å²) in [5.74, 6) is 0.709. The van der Waals surface area contributed by atoms with Crippen molar-refractivity contribution in [2.45, 2.75) is 78.1 Å². The molecule has 1 aliphatic carbocycles. The van der Waals surface area contributed by atoms with Gasteiger partial charge in [0.05, 0.1) is 5.54 Å². The van der Waals surface area contributed by atoms with Gasteiger partial charge in [0, 0.05) is 0 Å². The van der Waals surface area contributed by atoms with Gasteiger partial charge in [0.2, 0.25) is 0 Å². The van der Waals surface area contributed by atoms with Gasteiger partial charge in [-0.3, -0.25) is 0 Å². The molecule has 1 rings (SSSR count). The van der Waals surface area contributed by atoms with Crippen molar-refractivity contribution in [3.05, 3.63) is 12.3 Å². The summed E-state index contributed by atoms with van der Waals surface area (Å²) in [6.45, 7) is 11.9. The zero-order valence-electron chi connectivity index (χ0n) is 14.2. The number of rotatable bonds is 6. The van der Waals surface area contributed by atoms with E-state index in [1.165, 1.54) is 13.9 Å². The van der Waals surface area contributed by atoms with Crippen LogP contribution in [0.3, 0.4) is 0 Å². The summed E-state index contributed by atoms with van der Waals surface area (Å²) in [6.07, 6.45) is 7.20. The maximum atomic E-state index is 9.72. The lowest BCUT2D eigenvalue weighted by Crippen LogP contribution is -2.47. The molecule has 2 atom stereocenters. The Morgan fingerprint density at radius 2 is 1.95 bits per heavy atom. The lowest BCUT2D eigenvalue weighted by molar-refractivity contribution is 0.203. The lowest BCUT2D eigenvalue weighted by Gasteiger charge is -2.34. The summed E-state index contributed by atoms with van der Waals surface area (Å²) in [5.41, 5.74) is -0.282. The van der Waals surface area contributed by atoms with Crippen LogP contribution in [0.2, 0.25) is 6.32 Å². The van der Waals surface area contributed by atoms with Crippen LogP contribution in [-0.2, 0) is 0 Å². The molecule has 0 aliphatic heterocycles. The highest BCUT2D eigenvalue weighted by molar-refractivity contribution is 6.25. The van der Waals surface area contributed by atoms with E-state index in [0.29, 0.717) is 5.92 Å². The summed E-state index contributed by atoms with van der Waals surface area (Å²) in [4.78, 5) is 0. The standard InChI is InChI=1S/C11H21BNO2.C3H8.C2H6/c1-9(14)11(13-2)7-3-5-10(11)6-4-8-12-15;1-3-2;1-2/h10,13-15H,1,3-8H2,2H3;3H2,1-2H3;1-2H3. The van der Waals surface area contributed by atoms with Gasteiger partial charge in [-0.25, -0.2) is 0 Å². The van der Waals surface area contributed by atoms with E-state index in [2.05, 4.69) is 25.7 Å². The first-order valence-corrected chi connectivity index (χ1v) is 8.12. The number of aliphatic hydroxyl groups is 1. The molecule has 0 amide bonds. The molecular formula is C16H35BNO2. The fourth-order valence-electron chi connectivity index (χ4n) is 2.78. The van der Waals surface area contributed by atoms with Gasteiger partial charge in [-0.2, -0.15) is 0 Å². The van der Waals surface area contributed by atoms with Gasteiger partial charge in [-0.15, -0.1) is 0 Å². The summed E-state index contributed by atoms with van der Waals surface area (Å²) in [7, 11) is 3.10. The average molecular weight is 284 g/mol. The topological polar surface area (TPSA) is 52.5 Å². The molecular weight excluding hydrogens is 249 g/mol. The molecule has 20 heavy (non-hydrogen) atoms. The minimum Gasteiger partial charge on any atom is -0.511 e. The van der Waals surface area contributed by atoms with Crippen LogP contribution in [0, 0.1) is 5.92 Å². The van der Waals surface area contributed by atoms with Gasteiger partial charge in [0.15, 0.2) is 0 Å². The molecule has 0 heterocycles. The van der Waals surface area contributed by atoms with E-state index in [9.17, 15) is 5.11 Å².